The Bertz CT molecular complexity index is 295. The summed E-state index contributed by atoms with van der Waals surface area (Å²) in [6.45, 7) is 4.43. The van der Waals surface area contributed by atoms with E-state index in [1.54, 1.807) is 0 Å². The number of hydrogen-bond donors (Lipinski definition) is 0. The molecule has 0 N–H and O–H groups in total. The van der Waals surface area contributed by atoms with E-state index in [-0.39, 0.29) is 11.0 Å². The van der Waals surface area contributed by atoms with Crippen LogP contribution in [-0.2, 0) is 0 Å². The highest BCUT2D eigenvalue weighted by atomic mass is 35.5. The van der Waals surface area contributed by atoms with Gasteiger partial charge in [0.25, 0.3) is 0 Å². The second-order valence-electron chi connectivity index (χ2n) is 4.76. The summed E-state index contributed by atoms with van der Waals surface area (Å²) in [5, 5.41) is 8.45. The smallest absolute Gasteiger partial charge is 0.148 e. The van der Waals surface area contributed by atoms with Gasteiger partial charge in [0.05, 0.1) is 6.04 Å². The Hall–Kier alpha value is 0.180. The van der Waals surface area contributed by atoms with Crippen molar-refractivity contribution in [2.24, 2.45) is 21.6 Å². The first kappa shape index (κ1) is 7.57. The summed E-state index contributed by atoms with van der Waals surface area (Å²) in [6.07, 6.45) is 0.789. The van der Waals surface area contributed by atoms with Gasteiger partial charge >= 0.3 is 0 Å². The molecular formula is C8H10Cl2N2. The van der Waals surface area contributed by atoms with E-state index < -0.39 is 4.33 Å². The zero-order valence-corrected chi connectivity index (χ0v) is 8.52. The van der Waals surface area contributed by atoms with Crippen LogP contribution in [0.3, 0.4) is 0 Å². The second kappa shape index (κ2) is 1.57. The van der Waals surface area contributed by atoms with Crippen LogP contribution in [0.15, 0.2) is 10.2 Å². The van der Waals surface area contributed by atoms with Crippen molar-refractivity contribution in [3.63, 3.8) is 0 Å². The molecule has 66 valence electrons. The second-order valence-corrected chi connectivity index (χ2v) is 6.25. The molecule has 0 radical (unpaired) electrons. The molecule has 1 spiro atoms. The minimum absolute atomic E-state index is 0.204. The first-order valence-electron chi connectivity index (χ1n) is 4.22. The predicted molar refractivity (Wildman–Crippen MR) is 47.7 cm³/mol. The maximum absolute atomic E-state index is 6.06. The molecule has 0 aromatic rings. The molecule has 1 heterocycles. The molecule has 3 atom stereocenters. The highest BCUT2D eigenvalue weighted by molar-refractivity contribution is 6.52. The zero-order chi connectivity index (χ0) is 8.78. The number of azo groups is 1. The van der Waals surface area contributed by atoms with Crippen molar-refractivity contribution in [1.29, 1.82) is 0 Å². The average molecular weight is 205 g/mol. The molecular weight excluding hydrogens is 195 g/mol. The molecule has 0 saturated heterocycles. The molecule has 0 aromatic heterocycles. The van der Waals surface area contributed by atoms with E-state index in [0.29, 0.717) is 12.0 Å². The van der Waals surface area contributed by atoms with Crippen molar-refractivity contribution >= 4 is 23.2 Å². The van der Waals surface area contributed by atoms with Crippen LogP contribution in [0.25, 0.3) is 0 Å². The van der Waals surface area contributed by atoms with Gasteiger partial charge in [0.1, 0.15) is 9.87 Å². The highest BCUT2D eigenvalue weighted by Gasteiger charge is 2.84. The van der Waals surface area contributed by atoms with Gasteiger partial charge in [-0.2, -0.15) is 10.2 Å². The fraction of sp³-hybridized carbons (Fsp3) is 1.00. The quantitative estimate of drug-likeness (QED) is 0.543. The van der Waals surface area contributed by atoms with E-state index in [9.17, 15) is 0 Å². The summed E-state index contributed by atoms with van der Waals surface area (Å²) in [5.74, 6) is 0.500. The Morgan fingerprint density at radius 1 is 1.33 bits per heavy atom. The Morgan fingerprint density at radius 3 is 2.17 bits per heavy atom. The van der Waals surface area contributed by atoms with E-state index in [4.69, 9.17) is 23.2 Å². The van der Waals surface area contributed by atoms with Crippen LogP contribution in [-0.4, -0.2) is 15.9 Å². The fourth-order valence-corrected chi connectivity index (χ4v) is 3.39. The molecule has 4 heteroatoms. The number of fused-ring (bicyclic) bond motifs is 2. The zero-order valence-electron chi connectivity index (χ0n) is 7.01. The SMILES string of the molecule is CC1(C)[C@@H]2N=N[C@@]3(CC3(Cl)Cl)[C@@H]21. The molecule has 3 rings (SSSR count). The molecule has 2 saturated carbocycles. The Kier molecular flexibility index (Phi) is 0.990. The van der Waals surface area contributed by atoms with Crippen LogP contribution >= 0.6 is 23.2 Å². The summed E-state index contributed by atoms with van der Waals surface area (Å²) >= 11 is 12.1. The first-order chi connectivity index (χ1) is 5.42. The lowest BCUT2D eigenvalue weighted by molar-refractivity contribution is 0.445. The summed E-state index contributed by atoms with van der Waals surface area (Å²) < 4.78 is -0.621. The van der Waals surface area contributed by atoms with Crippen LogP contribution in [0.2, 0.25) is 0 Å². The maximum Gasteiger partial charge on any atom is 0.148 e. The van der Waals surface area contributed by atoms with Crippen molar-refractivity contribution < 1.29 is 0 Å². The average Bonchev–Trinajstić information content (AvgIpc) is 2.54. The lowest BCUT2D eigenvalue weighted by atomic mass is 10.0. The van der Waals surface area contributed by atoms with Crippen molar-refractivity contribution in [2.45, 2.75) is 36.2 Å². The summed E-state index contributed by atoms with van der Waals surface area (Å²) in [6, 6.07) is 0.386. The van der Waals surface area contributed by atoms with E-state index in [0.717, 1.165) is 6.42 Å². The predicted octanol–water partition coefficient (Wildman–Crippen LogP) is 2.79. The third kappa shape index (κ3) is 0.559. The normalized spacial score (nSPS) is 55.7. The van der Waals surface area contributed by atoms with Crippen LogP contribution in [0.5, 0.6) is 0 Å². The molecule has 3 aliphatic rings. The van der Waals surface area contributed by atoms with Gasteiger partial charge in [-0.1, -0.05) is 37.0 Å². The minimum atomic E-state index is -0.621. The Morgan fingerprint density at radius 2 is 1.92 bits per heavy atom. The van der Waals surface area contributed by atoms with Crippen LogP contribution in [0.4, 0.5) is 0 Å². The monoisotopic (exact) mass is 204 g/mol. The minimum Gasteiger partial charge on any atom is -0.189 e. The molecule has 2 nitrogen and oxygen atoms in total. The summed E-state index contributed by atoms with van der Waals surface area (Å²) in [4.78, 5) is 0. The Balaban J connectivity index is 2.00. The van der Waals surface area contributed by atoms with Crippen molar-refractivity contribution in [3.8, 4) is 0 Å². The molecule has 0 bridgehead atoms. The molecule has 12 heavy (non-hydrogen) atoms. The number of rotatable bonds is 0. The van der Waals surface area contributed by atoms with Crippen LogP contribution in [0.1, 0.15) is 20.3 Å². The largest absolute Gasteiger partial charge is 0.189 e. The van der Waals surface area contributed by atoms with Crippen LogP contribution in [0, 0.1) is 11.3 Å². The third-order valence-electron chi connectivity index (χ3n) is 3.65. The van der Waals surface area contributed by atoms with Gasteiger partial charge in [0.15, 0.2) is 0 Å². The number of hydrogen-bond acceptors (Lipinski definition) is 2. The number of alkyl halides is 2. The molecule has 1 aliphatic heterocycles. The van der Waals surface area contributed by atoms with E-state index in [1.165, 1.54) is 0 Å². The molecule has 0 amide bonds. The highest BCUT2D eigenvalue weighted by Crippen LogP contribution is 2.77. The number of nitrogens with zero attached hydrogens (tertiary/aromatic N) is 2. The van der Waals surface area contributed by atoms with Crippen molar-refractivity contribution in [2.75, 3.05) is 0 Å². The van der Waals surface area contributed by atoms with E-state index >= 15 is 0 Å². The fourth-order valence-electron chi connectivity index (χ4n) is 2.67. The van der Waals surface area contributed by atoms with Gasteiger partial charge in [-0.25, -0.2) is 0 Å². The van der Waals surface area contributed by atoms with Gasteiger partial charge in [-0.05, 0) is 5.41 Å². The number of halogens is 2. The third-order valence-corrected chi connectivity index (χ3v) is 4.57. The standard InChI is InChI=1S/C8H10Cl2N2/c1-6(2)4-5(6)11-12-7(4)3-8(7,9)10/h4-5H,3H2,1-2H3/t4-,5+,7-/m0/s1. The maximum atomic E-state index is 6.06. The molecule has 2 aliphatic carbocycles. The molecule has 0 unspecified atom stereocenters. The van der Waals surface area contributed by atoms with Gasteiger partial charge in [0, 0.05) is 12.3 Å². The Labute approximate surface area is 81.3 Å². The van der Waals surface area contributed by atoms with Gasteiger partial charge in [-0.3, -0.25) is 0 Å². The van der Waals surface area contributed by atoms with E-state index in [1.807, 2.05) is 0 Å². The van der Waals surface area contributed by atoms with Gasteiger partial charge < -0.3 is 0 Å². The van der Waals surface area contributed by atoms with Crippen LogP contribution < -0.4 is 0 Å². The molecule has 0 aromatic carbocycles. The molecule has 2 fully saturated rings. The summed E-state index contributed by atoms with van der Waals surface area (Å²) in [5.41, 5.74) is 0.0809. The lowest BCUT2D eigenvalue weighted by Crippen LogP contribution is -2.18. The van der Waals surface area contributed by atoms with Crippen molar-refractivity contribution in [3.05, 3.63) is 0 Å². The van der Waals surface area contributed by atoms with Crippen molar-refractivity contribution in [1.82, 2.24) is 0 Å². The van der Waals surface area contributed by atoms with Gasteiger partial charge in [0.2, 0.25) is 0 Å². The first-order valence-corrected chi connectivity index (χ1v) is 4.97. The topological polar surface area (TPSA) is 24.7 Å². The van der Waals surface area contributed by atoms with Gasteiger partial charge in [-0.15, -0.1) is 0 Å². The summed E-state index contributed by atoms with van der Waals surface area (Å²) in [7, 11) is 0. The van der Waals surface area contributed by atoms with E-state index in [2.05, 4.69) is 24.1 Å². The lowest BCUT2D eigenvalue weighted by Gasteiger charge is -2.11.